The van der Waals surface area contributed by atoms with Crippen molar-refractivity contribution >= 4 is 23.2 Å². The number of ether oxygens (including phenoxy) is 1. The van der Waals surface area contributed by atoms with Crippen LogP contribution in [0.3, 0.4) is 0 Å². The molecular weight excluding hydrogens is 423 g/mol. The maximum atomic E-state index is 13.6. The number of nitrogens with zero attached hydrogens (tertiary/aromatic N) is 2. The topological polar surface area (TPSA) is 96.4 Å². The van der Waals surface area contributed by atoms with Gasteiger partial charge in [-0.15, -0.1) is 0 Å². The number of hydrogen-bond acceptors (Lipinski definition) is 5. The molecule has 1 amide bonds. The average Bonchev–Trinajstić information content (AvgIpc) is 2.83. The zero-order valence-electron chi connectivity index (χ0n) is 17.6. The van der Waals surface area contributed by atoms with E-state index in [4.69, 9.17) is 4.74 Å². The molecule has 4 rings (SSSR count). The van der Waals surface area contributed by atoms with Gasteiger partial charge >= 0.3 is 0 Å². The molecule has 0 spiro atoms. The number of amides is 1. The Morgan fingerprint density at radius 3 is 2.64 bits per heavy atom. The third kappa shape index (κ3) is 5.88. The molecule has 7 nitrogen and oxygen atoms in total. The number of aromatic amines is 1. The van der Waals surface area contributed by atoms with E-state index in [0.29, 0.717) is 28.0 Å². The van der Waals surface area contributed by atoms with Gasteiger partial charge in [-0.05, 0) is 48.0 Å². The number of carbonyl (C=O) groups excluding carboxylic acids is 1. The first kappa shape index (κ1) is 21.9. The van der Waals surface area contributed by atoms with Crippen LogP contribution in [0.25, 0.3) is 11.0 Å². The van der Waals surface area contributed by atoms with Crippen LogP contribution in [-0.2, 0) is 17.8 Å². The number of hydrazone groups is 1. The predicted octanol–water partition coefficient (Wildman–Crippen LogP) is 3.72. The second-order valence-corrected chi connectivity index (χ2v) is 7.27. The Morgan fingerprint density at radius 1 is 1.06 bits per heavy atom. The molecular formula is C25H21FN4O3. The number of fused-ring (bicyclic) bond motifs is 1. The van der Waals surface area contributed by atoms with Gasteiger partial charge in [-0.1, -0.05) is 30.3 Å². The van der Waals surface area contributed by atoms with Gasteiger partial charge in [0.1, 0.15) is 23.9 Å². The van der Waals surface area contributed by atoms with E-state index in [0.717, 1.165) is 5.56 Å². The lowest BCUT2D eigenvalue weighted by atomic mass is 10.2. The number of H-pyrrole nitrogens is 1. The Bertz CT molecular complexity index is 1350. The Kier molecular flexibility index (Phi) is 6.84. The zero-order chi connectivity index (χ0) is 23.0. The molecule has 3 aromatic carbocycles. The summed E-state index contributed by atoms with van der Waals surface area (Å²) in [5.41, 5.74) is 5.00. The minimum atomic E-state index is -0.328. The van der Waals surface area contributed by atoms with Crippen LogP contribution in [0.4, 0.5) is 4.39 Å². The number of halogens is 1. The highest BCUT2D eigenvalue weighted by molar-refractivity contribution is 5.82. The predicted molar refractivity (Wildman–Crippen MR) is 124 cm³/mol. The molecule has 0 fully saturated rings. The summed E-state index contributed by atoms with van der Waals surface area (Å²) in [4.78, 5) is 31.3. The van der Waals surface area contributed by atoms with Crippen LogP contribution in [0.5, 0.6) is 5.75 Å². The zero-order valence-corrected chi connectivity index (χ0v) is 17.6. The molecule has 1 aromatic heterocycles. The molecule has 0 saturated heterocycles. The van der Waals surface area contributed by atoms with Crippen molar-refractivity contribution in [2.24, 2.45) is 5.10 Å². The summed E-state index contributed by atoms with van der Waals surface area (Å²) in [6, 6.07) is 20.7. The van der Waals surface area contributed by atoms with E-state index in [9.17, 15) is 14.0 Å². The molecule has 2 N–H and O–H groups in total. The van der Waals surface area contributed by atoms with Crippen LogP contribution in [-0.4, -0.2) is 22.1 Å². The van der Waals surface area contributed by atoms with E-state index in [-0.39, 0.29) is 36.7 Å². The molecule has 0 radical (unpaired) electrons. The molecule has 0 aliphatic rings. The van der Waals surface area contributed by atoms with Crippen molar-refractivity contribution in [1.82, 2.24) is 15.4 Å². The van der Waals surface area contributed by atoms with E-state index >= 15 is 0 Å². The lowest BCUT2D eigenvalue weighted by Gasteiger charge is -2.07. The number of rotatable bonds is 8. The van der Waals surface area contributed by atoms with Gasteiger partial charge in [0.25, 0.3) is 5.56 Å². The highest BCUT2D eigenvalue weighted by Gasteiger charge is 2.08. The Balaban J connectivity index is 1.26. The quantitative estimate of drug-likeness (QED) is 0.320. The molecule has 8 heteroatoms. The molecule has 0 unspecified atom stereocenters. The van der Waals surface area contributed by atoms with E-state index in [1.807, 2.05) is 12.1 Å². The van der Waals surface area contributed by atoms with Gasteiger partial charge in [0, 0.05) is 18.4 Å². The summed E-state index contributed by atoms with van der Waals surface area (Å²) in [5.74, 6) is -0.0454. The lowest BCUT2D eigenvalue weighted by Crippen LogP contribution is -2.21. The molecule has 4 aromatic rings. The number of hydrogen-bond donors (Lipinski definition) is 2. The second-order valence-electron chi connectivity index (χ2n) is 7.27. The highest BCUT2D eigenvalue weighted by atomic mass is 19.1. The number of aryl methyl sites for hydroxylation is 1. The van der Waals surface area contributed by atoms with Crippen molar-refractivity contribution in [2.45, 2.75) is 19.4 Å². The third-order valence-corrected chi connectivity index (χ3v) is 4.89. The number of benzene rings is 3. The first-order valence-corrected chi connectivity index (χ1v) is 10.3. The second kappa shape index (κ2) is 10.3. The van der Waals surface area contributed by atoms with Crippen LogP contribution >= 0.6 is 0 Å². The van der Waals surface area contributed by atoms with Crippen LogP contribution < -0.4 is 15.7 Å². The van der Waals surface area contributed by atoms with E-state index in [1.165, 1.54) is 12.3 Å². The minimum Gasteiger partial charge on any atom is -0.489 e. The largest absolute Gasteiger partial charge is 0.489 e. The molecule has 0 aliphatic carbocycles. The van der Waals surface area contributed by atoms with Crippen molar-refractivity contribution in [3.05, 3.63) is 106 Å². The van der Waals surface area contributed by atoms with Gasteiger partial charge in [-0.3, -0.25) is 9.59 Å². The van der Waals surface area contributed by atoms with Crippen molar-refractivity contribution in [3.63, 3.8) is 0 Å². The van der Waals surface area contributed by atoms with Crippen LogP contribution in [0.15, 0.2) is 82.7 Å². The maximum absolute atomic E-state index is 13.6. The van der Waals surface area contributed by atoms with Gasteiger partial charge in [0.05, 0.1) is 17.2 Å². The van der Waals surface area contributed by atoms with E-state index < -0.39 is 0 Å². The van der Waals surface area contributed by atoms with Crippen LogP contribution in [0.2, 0.25) is 0 Å². The van der Waals surface area contributed by atoms with Crippen molar-refractivity contribution in [2.75, 3.05) is 0 Å². The molecule has 1 heterocycles. The lowest BCUT2D eigenvalue weighted by molar-refractivity contribution is -0.121. The summed E-state index contributed by atoms with van der Waals surface area (Å²) in [7, 11) is 0. The van der Waals surface area contributed by atoms with Crippen LogP contribution in [0, 0.1) is 5.82 Å². The molecule has 0 atom stereocenters. The molecule has 0 bridgehead atoms. The van der Waals surface area contributed by atoms with Crippen LogP contribution in [0.1, 0.15) is 23.2 Å². The van der Waals surface area contributed by atoms with Gasteiger partial charge in [0.15, 0.2) is 0 Å². The fourth-order valence-electron chi connectivity index (χ4n) is 3.13. The fraction of sp³-hybridized carbons (Fsp3) is 0.120. The molecule has 166 valence electrons. The number of para-hydroxylation sites is 2. The Labute approximate surface area is 189 Å². The smallest absolute Gasteiger partial charge is 0.270 e. The summed E-state index contributed by atoms with van der Waals surface area (Å²) in [6.07, 6.45) is 1.78. The number of carbonyl (C=O) groups is 1. The summed E-state index contributed by atoms with van der Waals surface area (Å²) >= 11 is 0. The molecule has 33 heavy (non-hydrogen) atoms. The van der Waals surface area contributed by atoms with Crippen molar-refractivity contribution < 1.29 is 13.9 Å². The molecule has 0 aliphatic heterocycles. The SMILES string of the molecule is O=C(CCc1nc2ccccc2[nH]c1=O)N/N=C/c1ccc(OCc2ccccc2F)cc1. The molecule has 0 saturated carbocycles. The standard InChI is InChI=1S/C25H21FN4O3/c26-20-6-2-1-5-18(20)16-33-19-11-9-17(10-12-19)15-27-30-24(31)14-13-23-25(32)29-22-8-4-3-7-21(22)28-23/h1-12,15H,13-14,16H2,(H,29,32)(H,30,31)/b27-15+. The number of aromatic nitrogens is 2. The van der Waals surface area contributed by atoms with Gasteiger partial charge in [0.2, 0.25) is 5.91 Å². The fourth-order valence-corrected chi connectivity index (χ4v) is 3.13. The monoisotopic (exact) mass is 444 g/mol. The first-order valence-electron chi connectivity index (χ1n) is 10.3. The summed E-state index contributed by atoms with van der Waals surface area (Å²) in [6.45, 7) is 0.130. The van der Waals surface area contributed by atoms with Gasteiger partial charge < -0.3 is 9.72 Å². The Morgan fingerprint density at radius 2 is 1.82 bits per heavy atom. The van der Waals surface area contributed by atoms with Gasteiger partial charge in [-0.25, -0.2) is 14.8 Å². The third-order valence-electron chi connectivity index (χ3n) is 4.89. The van der Waals surface area contributed by atoms with E-state index in [1.54, 1.807) is 54.6 Å². The summed E-state index contributed by atoms with van der Waals surface area (Å²) in [5, 5.41) is 3.94. The average molecular weight is 444 g/mol. The Hall–Kier alpha value is -4.33. The van der Waals surface area contributed by atoms with Crippen molar-refractivity contribution in [1.29, 1.82) is 0 Å². The van der Waals surface area contributed by atoms with Crippen molar-refractivity contribution in [3.8, 4) is 5.75 Å². The van der Waals surface area contributed by atoms with Gasteiger partial charge in [-0.2, -0.15) is 5.10 Å². The first-order chi connectivity index (χ1) is 16.1. The minimum absolute atomic E-state index is 0.0780. The summed E-state index contributed by atoms with van der Waals surface area (Å²) < 4.78 is 19.2. The highest BCUT2D eigenvalue weighted by Crippen LogP contribution is 2.15. The van der Waals surface area contributed by atoms with E-state index in [2.05, 4.69) is 20.5 Å². The normalized spacial score (nSPS) is 11.1. The maximum Gasteiger partial charge on any atom is 0.270 e. The number of nitrogens with one attached hydrogen (secondary N) is 2.